The molecule has 23 heavy (non-hydrogen) atoms. The average Bonchev–Trinajstić information content (AvgIpc) is 2.97. The Morgan fingerprint density at radius 2 is 1.74 bits per heavy atom. The molecule has 0 radical (unpaired) electrons. The molecule has 1 amide bonds. The highest BCUT2D eigenvalue weighted by Crippen LogP contribution is 2.11. The molecule has 0 fully saturated rings. The van der Waals surface area contributed by atoms with Crippen molar-refractivity contribution in [3.63, 3.8) is 0 Å². The maximum Gasteiger partial charge on any atom is 0.257 e. The average molecular weight is 330 g/mol. The van der Waals surface area contributed by atoms with Gasteiger partial charge in [0.15, 0.2) is 0 Å². The molecule has 118 valence electrons. The zero-order chi connectivity index (χ0) is 16.3. The summed E-state index contributed by atoms with van der Waals surface area (Å²) in [6, 6.07) is 15.2. The summed E-state index contributed by atoms with van der Waals surface area (Å²) in [5, 5.41) is 0. The number of hydrogen-bond acceptors (Lipinski definition) is 4. The van der Waals surface area contributed by atoms with E-state index in [1.807, 2.05) is 24.3 Å². The van der Waals surface area contributed by atoms with Gasteiger partial charge in [-0.1, -0.05) is 30.3 Å². The molecule has 0 unspecified atom stereocenters. The standard InChI is InChI=1S/C15H14N4O3S/c20-15(10-19-11-16-13-8-4-5-9-14(13)19)17-18-23(21,22)12-6-2-1-3-7-12/h1-9,11,18H,10H2,(H,17,20). The van der Waals surface area contributed by atoms with Crippen LogP contribution in [0.4, 0.5) is 0 Å². The first-order valence-electron chi connectivity index (χ1n) is 6.82. The van der Waals surface area contributed by atoms with Gasteiger partial charge in [-0.3, -0.25) is 10.2 Å². The zero-order valence-electron chi connectivity index (χ0n) is 12.0. The number of para-hydroxylation sites is 2. The molecule has 0 aliphatic carbocycles. The van der Waals surface area contributed by atoms with Gasteiger partial charge in [0, 0.05) is 0 Å². The number of carbonyl (C=O) groups excluding carboxylic acids is 1. The predicted octanol–water partition coefficient (Wildman–Crippen LogP) is 1.05. The number of rotatable bonds is 5. The lowest BCUT2D eigenvalue weighted by molar-refractivity contribution is -0.122. The quantitative estimate of drug-likeness (QED) is 0.684. The number of nitrogens with zero attached hydrogens (tertiary/aromatic N) is 2. The van der Waals surface area contributed by atoms with Crippen LogP contribution in [0, 0.1) is 0 Å². The van der Waals surface area contributed by atoms with Crippen molar-refractivity contribution in [2.24, 2.45) is 0 Å². The number of hydrazine groups is 1. The van der Waals surface area contributed by atoms with Gasteiger partial charge in [0.2, 0.25) is 0 Å². The predicted molar refractivity (Wildman–Crippen MR) is 84.6 cm³/mol. The fraction of sp³-hybridized carbons (Fsp3) is 0.0667. The van der Waals surface area contributed by atoms with Crippen LogP contribution in [0.1, 0.15) is 0 Å². The third-order valence-electron chi connectivity index (χ3n) is 3.22. The number of amides is 1. The maximum atomic E-state index is 12.0. The molecule has 2 aromatic carbocycles. The molecular weight excluding hydrogens is 316 g/mol. The molecule has 0 atom stereocenters. The Bertz CT molecular complexity index is 936. The summed E-state index contributed by atoms with van der Waals surface area (Å²) in [4.78, 5) is 18.3. The highest BCUT2D eigenvalue weighted by Gasteiger charge is 2.14. The van der Waals surface area contributed by atoms with Crippen molar-refractivity contribution >= 4 is 27.0 Å². The number of carbonyl (C=O) groups is 1. The molecular formula is C15H14N4O3S. The lowest BCUT2D eigenvalue weighted by Crippen LogP contribution is -2.42. The van der Waals surface area contributed by atoms with E-state index < -0.39 is 15.9 Å². The van der Waals surface area contributed by atoms with Gasteiger partial charge in [-0.05, 0) is 24.3 Å². The van der Waals surface area contributed by atoms with Crippen molar-refractivity contribution < 1.29 is 13.2 Å². The van der Waals surface area contributed by atoms with Gasteiger partial charge < -0.3 is 4.57 Å². The largest absolute Gasteiger partial charge is 0.321 e. The zero-order valence-corrected chi connectivity index (χ0v) is 12.8. The molecule has 0 aliphatic heterocycles. The van der Waals surface area contributed by atoms with E-state index in [1.54, 1.807) is 22.8 Å². The summed E-state index contributed by atoms with van der Waals surface area (Å²) in [5.41, 5.74) is 3.77. The van der Waals surface area contributed by atoms with E-state index >= 15 is 0 Å². The second kappa shape index (κ2) is 6.19. The van der Waals surface area contributed by atoms with E-state index in [1.165, 1.54) is 18.5 Å². The minimum atomic E-state index is -3.78. The van der Waals surface area contributed by atoms with Crippen LogP contribution in [0.2, 0.25) is 0 Å². The molecule has 3 aromatic rings. The molecule has 0 saturated carbocycles. The number of imidazole rings is 1. The van der Waals surface area contributed by atoms with Gasteiger partial charge in [0.05, 0.1) is 22.3 Å². The summed E-state index contributed by atoms with van der Waals surface area (Å²) >= 11 is 0. The molecule has 2 N–H and O–H groups in total. The smallest absolute Gasteiger partial charge is 0.257 e. The second-order valence-corrected chi connectivity index (χ2v) is 6.51. The van der Waals surface area contributed by atoms with Gasteiger partial charge in [0.25, 0.3) is 15.9 Å². The van der Waals surface area contributed by atoms with Crippen LogP contribution in [-0.4, -0.2) is 23.9 Å². The van der Waals surface area contributed by atoms with Crippen LogP contribution >= 0.6 is 0 Å². The van der Waals surface area contributed by atoms with Crippen LogP contribution in [0.3, 0.4) is 0 Å². The lowest BCUT2D eigenvalue weighted by Gasteiger charge is -2.09. The Morgan fingerprint density at radius 1 is 1.04 bits per heavy atom. The van der Waals surface area contributed by atoms with Gasteiger partial charge >= 0.3 is 0 Å². The lowest BCUT2D eigenvalue weighted by atomic mass is 10.3. The number of aromatic nitrogens is 2. The van der Waals surface area contributed by atoms with Crippen LogP contribution in [0.25, 0.3) is 11.0 Å². The molecule has 3 rings (SSSR count). The van der Waals surface area contributed by atoms with Gasteiger partial charge in [-0.2, -0.15) is 0 Å². The van der Waals surface area contributed by atoms with Crippen molar-refractivity contribution in [2.45, 2.75) is 11.4 Å². The monoisotopic (exact) mass is 330 g/mol. The van der Waals surface area contributed by atoms with Gasteiger partial charge in [-0.25, -0.2) is 13.4 Å². The Morgan fingerprint density at radius 3 is 2.52 bits per heavy atom. The molecule has 0 saturated heterocycles. The minimum Gasteiger partial charge on any atom is -0.321 e. The van der Waals surface area contributed by atoms with Crippen molar-refractivity contribution in [3.8, 4) is 0 Å². The fourth-order valence-corrected chi connectivity index (χ4v) is 2.99. The number of sulfonamides is 1. The number of hydrogen-bond donors (Lipinski definition) is 2. The van der Waals surface area contributed by atoms with Gasteiger partial charge in [-0.15, -0.1) is 4.83 Å². The Labute approximate surface area is 133 Å². The van der Waals surface area contributed by atoms with E-state index in [9.17, 15) is 13.2 Å². The third-order valence-corrected chi connectivity index (χ3v) is 4.48. The summed E-state index contributed by atoms with van der Waals surface area (Å²) in [6.45, 7) is -0.0438. The van der Waals surface area contributed by atoms with Crippen molar-refractivity contribution in [1.29, 1.82) is 0 Å². The molecule has 0 spiro atoms. The molecule has 0 bridgehead atoms. The molecule has 1 heterocycles. The summed E-state index contributed by atoms with van der Waals surface area (Å²) < 4.78 is 25.7. The number of benzene rings is 2. The Balaban J connectivity index is 1.66. The number of nitrogens with one attached hydrogen (secondary N) is 2. The van der Waals surface area contributed by atoms with Crippen molar-refractivity contribution in [3.05, 3.63) is 60.9 Å². The van der Waals surface area contributed by atoms with E-state index in [4.69, 9.17) is 0 Å². The first-order valence-corrected chi connectivity index (χ1v) is 8.30. The van der Waals surface area contributed by atoms with E-state index in [0.29, 0.717) is 0 Å². The maximum absolute atomic E-state index is 12.0. The SMILES string of the molecule is O=C(Cn1cnc2ccccc21)NNS(=O)(=O)c1ccccc1. The van der Waals surface area contributed by atoms with Crippen LogP contribution < -0.4 is 10.3 Å². The topological polar surface area (TPSA) is 93.1 Å². The molecule has 1 aromatic heterocycles. The van der Waals surface area contributed by atoms with Gasteiger partial charge in [0.1, 0.15) is 6.54 Å². The minimum absolute atomic E-state index is 0.0438. The summed E-state index contributed by atoms with van der Waals surface area (Å²) in [5.74, 6) is -0.493. The van der Waals surface area contributed by atoms with Crippen molar-refractivity contribution in [1.82, 2.24) is 19.8 Å². The third kappa shape index (κ3) is 3.38. The number of fused-ring (bicyclic) bond motifs is 1. The first kappa shape index (κ1) is 15.2. The molecule has 7 nitrogen and oxygen atoms in total. The normalized spacial score (nSPS) is 11.5. The highest BCUT2D eigenvalue weighted by molar-refractivity contribution is 7.89. The second-order valence-electron chi connectivity index (χ2n) is 4.83. The van der Waals surface area contributed by atoms with E-state index in [0.717, 1.165) is 11.0 Å². The Hall–Kier alpha value is -2.71. The Kier molecular flexibility index (Phi) is 4.09. The summed E-state index contributed by atoms with van der Waals surface area (Å²) in [6.07, 6.45) is 1.54. The van der Waals surface area contributed by atoms with E-state index in [2.05, 4.69) is 15.2 Å². The summed E-state index contributed by atoms with van der Waals surface area (Å²) in [7, 11) is -3.78. The molecule has 8 heteroatoms. The molecule has 0 aliphatic rings. The van der Waals surface area contributed by atoms with Crippen LogP contribution in [-0.2, 0) is 21.4 Å². The fourth-order valence-electron chi connectivity index (χ4n) is 2.11. The first-order chi connectivity index (χ1) is 11.1. The van der Waals surface area contributed by atoms with Crippen LogP contribution in [0.15, 0.2) is 65.8 Å². The van der Waals surface area contributed by atoms with Crippen molar-refractivity contribution in [2.75, 3.05) is 0 Å². The van der Waals surface area contributed by atoms with Crippen LogP contribution in [0.5, 0.6) is 0 Å². The van der Waals surface area contributed by atoms with E-state index in [-0.39, 0.29) is 11.4 Å². The highest BCUT2D eigenvalue weighted by atomic mass is 32.2.